The average molecular weight is 465 g/mol. The molecule has 6 nitrogen and oxygen atoms in total. The van der Waals surface area contributed by atoms with Gasteiger partial charge in [-0.15, -0.1) is 10.2 Å². The van der Waals surface area contributed by atoms with Gasteiger partial charge in [-0.25, -0.2) is 4.98 Å². The lowest BCUT2D eigenvalue weighted by atomic mass is 9.90. The van der Waals surface area contributed by atoms with Crippen LogP contribution in [0.15, 0.2) is 24.3 Å². The topological polar surface area (TPSA) is 67.7 Å². The minimum absolute atomic E-state index is 0.0238. The molecule has 0 amide bonds. The van der Waals surface area contributed by atoms with E-state index in [0.717, 1.165) is 69.3 Å². The number of pyridine rings is 1. The number of nitrogens with one attached hydrogen (secondary N) is 2. The van der Waals surface area contributed by atoms with Gasteiger partial charge < -0.3 is 10.6 Å². The van der Waals surface area contributed by atoms with Crippen LogP contribution < -0.4 is 10.6 Å². The molecule has 2 N–H and O–H groups in total. The van der Waals surface area contributed by atoms with E-state index in [4.69, 9.17) is 11.6 Å². The van der Waals surface area contributed by atoms with Crippen LogP contribution in [-0.4, -0.2) is 31.8 Å². The molecule has 0 unspecified atom stereocenters. The number of hydrogen-bond donors (Lipinski definition) is 2. The fourth-order valence-corrected chi connectivity index (χ4v) is 4.90. The Balaban J connectivity index is 1.36. The highest BCUT2D eigenvalue weighted by Crippen LogP contribution is 2.35. The van der Waals surface area contributed by atoms with Gasteiger partial charge in [0.1, 0.15) is 11.5 Å². The van der Waals surface area contributed by atoms with Crippen LogP contribution in [0, 0.1) is 0 Å². The van der Waals surface area contributed by atoms with Crippen LogP contribution >= 0.6 is 11.6 Å². The van der Waals surface area contributed by atoms with E-state index in [1.807, 2.05) is 0 Å². The van der Waals surface area contributed by atoms with Gasteiger partial charge in [0, 0.05) is 41.1 Å². The summed E-state index contributed by atoms with van der Waals surface area (Å²) < 4.78 is 42.4. The maximum Gasteiger partial charge on any atom is 0.433 e. The van der Waals surface area contributed by atoms with Crippen molar-refractivity contribution in [3.63, 3.8) is 0 Å². The maximum absolute atomic E-state index is 13.4. The van der Waals surface area contributed by atoms with E-state index in [9.17, 15) is 13.2 Å². The molecule has 10 heteroatoms. The molecule has 2 atom stereocenters. The lowest BCUT2D eigenvalue weighted by Gasteiger charge is -2.32. The summed E-state index contributed by atoms with van der Waals surface area (Å²) in [5.74, 6) is 1.81. The van der Waals surface area contributed by atoms with Crippen LogP contribution in [-0.2, 0) is 19.1 Å². The van der Waals surface area contributed by atoms with Crippen LogP contribution in [0.25, 0.3) is 10.9 Å². The maximum atomic E-state index is 13.4. The molecule has 0 radical (unpaired) electrons. The Bertz CT molecular complexity index is 1130. The van der Waals surface area contributed by atoms with E-state index in [0.29, 0.717) is 16.1 Å². The highest BCUT2D eigenvalue weighted by molar-refractivity contribution is 6.31. The largest absolute Gasteiger partial charge is 0.433 e. The molecule has 3 heterocycles. The molecule has 32 heavy (non-hydrogen) atoms. The normalized spacial score (nSPS) is 21.4. The highest BCUT2D eigenvalue weighted by Gasteiger charge is 2.34. The van der Waals surface area contributed by atoms with E-state index in [1.165, 1.54) is 6.07 Å². The number of aryl methyl sites for hydroxylation is 1. The van der Waals surface area contributed by atoms with Crippen molar-refractivity contribution in [1.29, 1.82) is 0 Å². The fourth-order valence-electron chi connectivity index (χ4n) is 4.73. The second-order valence-electron chi connectivity index (χ2n) is 8.61. The molecule has 1 aromatic carbocycles. The number of aromatic nitrogens is 4. The zero-order valence-corrected chi connectivity index (χ0v) is 18.2. The van der Waals surface area contributed by atoms with Crippen LogP contribution in [0.5, 0.6) is 0 Å². The monoisotopic (exact) mass is 464 g/mol. The first-order chi connectivity index (χ1) is 15.4. The summed E-state index contributed by atoms with van der Waals surface area (Å²) >= 11 is 6.12. The third-order valence-corrected chi connectivity index (χ3v) is 6.52. The predicted molar refractivity (Wildman–Crippen MR) is 118 cm³/mol. The summed E-state index contributed by atoms with van der Waals surface area (Å²) in [4.78, 5) is 3.79. The molecule has 0 bridgehead atoms. The van der Waals surface area contributed by atoms with Crippen LogP contribution in [0.3, 0.4) is 0 Å². The Labute approximate surface area is 188 Å². The molecule has 5 rings (SSSR count). The molecular formula is C22H24ClF3N6. The van der Waals surface area contributed by atoms with Gasteiger partial charge in [-0.05, 0) is 62.8 Å². The minimum Gasteiger partial charge on any atom is -0.382 e. The van der Waals surface area contributed by atoms with Crippen LogP contribution in [0.1, 0.15) is 50.0 Å². The number of benzene rings is 1. The summed E-state index contributed by atoms with van der Waals surface area (Å²) in [6.07, 6.45) is 2.28. The second kappa shape index (κ2) is 8.42. The van der Waals surface area contributed by atoms with Gasteiger partial charge in [0.15, 0.2) is 0 Å². The third-order valence-electron chi connectivity index (χ3n) is 6.29. The predicted octanol–water partition coefficient (Wildman–Crippen LogP) is 5.67. The molecule has 2 aromatic heterocycles. The summed E-state index contributed by atoms with van der Waals surface area (Å²) in [7, 11) is 0. The summed E-state index contributed by atoms with van der Waals surface area (Å²) in [6, 6.07) is 6.03. The number of hydrogen-bond acceptors (Lipinski definition) is 5. The van der Waals surface area contributed by atoms with Gasteiger partial charge in [0.25, 0.3) is 0 Å². The first-order valence-electron chi connectivity index (χ1n) is 11.0. The van der Waals surface area contributed by atoms with E-state index >= 15 is 0 Å². The Hall–Kier alpha value is -2.55. The van der Waals surface area contributed by atoms with Gasteiger partial charge in [-0.3, -0.25) is 4.57 Å². The molecule has 1 saturated carbocycles. The van der Waals surface area contributed by atoms with E-state index in [2.05, 4.69) is 30.4 Å². The first kappa shape index (κ1) is 21.3. The van der Waals surface area contributed by atoms with Crippen LogP contribution in [0.4, 0.5) is 24.8 Å². The average Bonchev–Trinajstić information content (AvgIpc) is 3.16. The number of fused-ring (bicyclic) bond motifs is 2. The Morgan fingerprint density at radius 1 is 1.00 bits per heavy atom. The minimum atomic E-state index is -4.52. The van der Waals surface area contributed by atoms with E-state index in [-0.39, 0.29) is 17.6 Å². The quantitative estimate of drug-likeness (QED) is 0.520. The molecule has 1 aliphatic carbocycles. The SMILES string of the molecule is FC(F)(F)c1cc(N[C@H]2CCC[C@@H](Nc3nnc4n3CCCC4)C2)c2cc(Cl)ccc2n1. The van der Waals surface area contributed by atoms with Crippen molar-refractivity contribution in [3.8, 4) is 0 Å². The lowest BCUT2D eigenvalue weighted by molar-refractivity contribution is -0.140. The van der Waals surface area contributed by atoms with Gasteiger partial charge >= 0.3 is 6.18 Å². The number of nitrogens with zero attached hydrogens (tertiary/aromatic N) is 4. The van der Waals surface area contributed by atoms with Crippen molar-refractivity contribution in [2.24, 2.45) is 0 Å². The molecular weight excluding hydrogens is 441 g/mol. The van der Waals surface area contributed by atoms with E-state index < -0.39 is 11.9 Å². The van der Waals surface area contributed by atoms with Crippen molar-refractivity contribution in [1.82, 2.24) is 19.7 Å². The van der Waals surface area contributed by atoms with Crippen molar-refractivity contribution < 1.29 is 13.2 Å². The van der Waals surface area contributed by atoms with Crippen molar-refractivity contribution in [3.05, 3.63) is 40.8 Å². The van der Waals surface area contributed by atoms with E-state index in [1.54, 1.807) is 12.1 Å². The molecule has 0 spiro atoms. The number of halogens is 4. The molecule has 0 saturated heterocycles. The molecule has 3 aromatic rings. The Morgan fingerprint density at radius 3 is 2.62 bits per heavy atom. The second-order valence-corrected chi connectivity index (χ2v) is 9.05. The Kier molecular flexibility index (Phi) is 5.61. The van der Waals surface area contributed by atoms with Crippen molar-refractivity contribution in [2.45, 2.75) is 69.8 Å². The summed E-state index contributed by atoms with van der Waals surface area (Å²) in [5.41, 5.74) is -0.224. The standard InChI is InChI=1S/C22H24ClF3N6/c23-13-7-8-17-16(10-13)18(12-19(29-17)22(24,25)26)27-14-4-3-5-15(11-14)28-21-31-30-20-6-1-2-9-32(20)21/h7-8,10,12,14-15H,1-6,9,11H2,(H,27,29)(H,28,31)/t14-,15+/m0/s1. The molecule has 170 valence electrons. The Morgan fingerprint density at radius 2 is 1.81 bits per heavy atom. The van der Waals surface area contributed by atoms with Gasteiger partial charge in [-0.1, -0.05) is 11.6 Å². The zero-order valence-electron chi connectivity index (χ0n) is 17.4. The highest BCUT2D eigenvalue weighted by atomic mass is 35.5. The van der Waals surface area contributed by atoms with Gasteiger partial charge in [-0.2, -0.15) is 13.2 Å². The number of rotatable bonds is 4. The molecule has 1 aliphatic heterocycles. The lowest BCUT2D eigenvalue weighted by Crippen LogP contribution is -2.35. The number of alkyl halides is 3. The van der Waals surface area contributed by atoms with Crippen LogP contribution in [0.2, 0.25) is 5.02 Å². The molecule has 1 fully saturated rings. The van der Waals surface area contributed by atoms with Gasteiger partial charge in [0.2, 0.25) is 5.95 Å². The van der Waals surface area contributed by atoms with Crippen molar-refractivity contribution >= 4 is 34.1 Å². The summed E-state index contributed by atoms with van der Waals surface area (Å²) in [6.45, 7) is 0.920. The first-order valence-corrected chi connectivity index (χ1v) is 11.4. The third kappa shape index (κ3) is 4.35. The number of anilines is 2. The smallest absolute Gasteiger partial charge is 0.382 e. The summed E-state index contributed by atoms with van der Waals surface area (Å²) in [5, 5.41) is 16.5. The van der Waals surface area contributed by atoms with Crippen molar-refractivity contribution in [2.75, 3.05) is 10.6 Å². The zero-order chi connectivity index (χ0) is 22.3. The fraction of sp³-hybridized carbons (Fsp3) is 0.500. The molecule has 2 aliphatic rings. The van der Waals surface area contributed by atoms with Gasteiger partial charge in [0.05, 0.1) is 5.52 Å².